The van der Waals surface area contributed by atoms with E-state index in [1.54, 1.807) is 17.5 Å². The Kier molecular flexibility index (Phi) is 3.88. The van der Waals surface area contributed by atoms with Gasteiger partial charge in [-0.2, -0.15) is 5.10 Å². The van der Waals surface area contributed by atoms with E-state index in [2.05, 4.69) is 44.1 Å². The topological polar surface area (TPSA) is 79.6 Å². The highest BCUT2D eigenvalue weighted by Gasteiger charge is 2.15. The minimum Gasteiger partial charge on any atom is -0.383 e. The van der Waals surface area contributed by atoms with Gasteiger partial charge in [0.25, 0.3) is 0 Å². The van der Waals surface area contributed by atoms with Crippen molar-refractivity contribution in [2.75, 3.05) is 17.6 Å². The number of nitrogens with one attached hydrogen (secondary N) is 2. The second kappa shape index (κ2) is 6.33. The summed E-state index contributed by atoms with van der Waals surface area (Å²) in [7, 11) is 0. The first-order valence-corrected chi connectivity index (χ1v) is 8.65. The monoisotopic (exact) mass is 335 g/mol. The molecule has 0 spiro atoms. The summed E-state index contributed by atoms with van der Waals surface area (Å²) >= 11 is 1.77. The number of rotatable bonds is 5. The largest absolute Gasteiger partial charge is 0.383 e. The number of para-hydroxylation sites is 1. The van der Waals surface area contributed by atoms with Crippen LogP contribution in [-0.4, -0.2) is 21.7 Å². The second-order valence-corrected chi connectivity index (χ2v) is 6.52. The third kappa shape index (κ3) is 2.72. The SMILES string of the molecule is Nc1nc2ccccc2c(NCCc2cccs2)c1-c1ccn[nH]1. The zero-order valence-corrected chi connectivity index (χ0v) is 13.8. The van der Waals surface area contributed by atoms with Gasteiger partial charge in [-0.05, 0) is 30.0 Å². The van der Waals surface area contributed by atoms with E-state index in [1.165, 1.54) is 4.88 Å². The van der Waals surface area contributed by atoms with Crippen LogP contribution >= 0.6 is 11.3 Å². The number of H-pyrrole nitrogens is 1. The maximum Gasteiger partial charge on any atom is 0.135 e. The first-order chi connectivity index (χ1) is 11.8. The molecule has 4 rings (SSSR count). The van der Waals surface area contributed by atoms with Crippen molar-refractivity contribution in [1.82, 2.24) is 15.2 Å². The summed E-state index contributed by atoms with van der Waals surface area (Å²) in [6.45, 7) is 0.828. The quantitative estimate of drug-likeness (QED) is 0.516. The van der Waals surface area contributed by atoms with Crippen molar-refractivity contribution in [2.24, 2.45) is 0 Å². The van der Waals surface area contributed by atoms with Crippen molar-refractivity contribution >= 4 is 33.7 Å². The van der Waals surface area contributed by atoms with Gasteiger partial charge in [-0.25, -0.2) is 4.98 Å². The lowest BCUT2D eigenvalue weighted by atomic mass is 10.1. The molecule has 0 unspecified atom stereocenters. The third-order valence-corrected chi connectivity index (χ3v) is 4.88. The van der Waals surface area contributed by atoms with Crippen LogP contribution in [0.5, 0.6) is 0 Å². The molecular weight excluding hydrogens is 318 g/mol. The van der Waals surface area contributed by atoms with E-state index in [9.17, 15) is 0 Å². The number of anilines is 2. The van der Waals surface area contributed by atoms with E-state index in [1.807, 2.05) is 24.3 Å². The molecule has 0 saturated heterocycles. The number of benzene rings is 1. The molecule has 120 valence electrons. The van der Waals surface area contributed by atoms with Crippen molar-refractivity contribution in [3.05, 3.63) is 58.9 Å². The number of aromatic nitrogens is 3. The molecule has 24 heavy (non-hydrogen) atoms. The van der Waals surface area contributed by atoms with Crippen LogP contribution in [0.1, 0.15) is 4.88 Å². The van der Waals surface area contributed by atoms with Crippen LogP contribution in [0, 0.1) is 0 Å². The van der Waals surface area contributed by atoms with E-state index < -0.39 is 0 Å². The van der Waals surface area contributed by atoms with Crippen LogP contribution in [-0.2, 0) is 6.42 Å². The molecule has 4 aromatic rings. The lowest BCUT2D eigenvalue weighted by molar-refractivity contribution is 1.04. The Morgan fingerprint density at radius 3 is 2.83 bits per heavy atom. The van der Waals surface area contributed by atoms with E-state index in [-0.39, 0.29) is 0 Å². The Labute approximate surface area is 143 Å². The fourth-order valence-electron chi connectivity index (χ4n) is 2.85. The minimum absolute atomic E-state index is 0.497. The van der Waals surface area contributed by atoms with Crippen LogP contribution in [0.3, 0.4) is 0 Å². The number of nitrogens with zero attached hydrogens (tertiary/aromatic N) is 2. The van der Waals surface area contributed by atoms with Crippen molar-refractivity contribution in [3.8, 4) is 11.3 Å². The van der Waals surface area contributed by atoms with Crippen LogP contribution < -0.4 is 11.1 Å². The summed E-state index contributed by atoms with van der Waals surface area (Å²) in [6.07, 6.45) is 2.69. The molecule has 0 aliphatic carbocycles. The summed E-state index contributed by atoms with van der Waals surface area (Å²) < 4.78 is 0. The molecule has 0 aliphatic rings. The normalized spacial score (nSPS) is 11.0. The molecule has 1 aromatic carbocycles. The first-order valence-electron chi connectivity index (χ1n) is 7.77. The van der Waals surface area contributed by atoms with Gasteiger partial charge in [-0.1, -0.05) is 24.3 Å². The molecule has 0 bridgehead atoms. The van der Waals surface area contributed by atoms with Gasteiger partial charge in [-0.3, -0.25) is 5.10 Å². The summed E-state index contributed by atoms with van der Waals surface area (Å²) in [5.41, 5.74) is 9.87. The molecule has 0 atom stereocenters. The number of thiophene rings is 1. The van der Waals surface area contributed by atoms with Gasteiger partial charge in [0.2, 0.25) is 0 Å². The Morgan fingerprint density at radius 2 is 2.04 bits per heavy atom. The lowest BCUT2D eigenvalue weighted by Crippen LogP contribution is -2.08. The van der Waals surface area contributed by atoms with Gasteiger partial charge in [0.05, 0.1) is 22.5 Å². The number of nitrogens with two attached hydrogens (primary N) is 1. The maximum absolute atomic E-state index is 6.25. The molecule has 4 N–H and O–H groups in total. The fourth-order valence-corrected chi connectivity index (χ4v) is 3.56. The van der Waals surface area contributed by atoms with Crippen molar-refractivity contribution in [2.45, 2.75) is 6.42 Å². The average molecular weight is 335 g/mol. The van der Waals surface area contributed by atoms with Gasteiger partial charge in [0.1, 0.15) is 5.82 Å². The number of pyridine rings is 1. The van der Waals surface area contributed by atoms with Gasteiger partial charge < -0.3 is 11.1 Å². The predicted molar refractivity (Wildman–Crippen MR) is 100 cm³/mol. The van der Waals surface area contributed by atoms with E-state index >= 15 is 0 Å². The molecule has 0 radical (unpaired) electrons. The molecule has 3 aromatic heterocycles. The van der Waals surface area contributed by atoms with E-state index in [4.69, 9.17) is 5.73 Å². The summed E-state index contributed by atoms with van der Waals surface area (Å²) in [4.78, 5) is 5.90. The molecule has 0 amide bonds. The Morgan fingerprint density at radius 1 is 1.12 bits per heavy atom. The van der Waals surface area contributed by atoms with Crippen LogP contribution in [0.2, 0.25) is 0 Å². The molecule has 0 fully saturated rings. The van der Waals surface area contributed by atoms with Crippen molar-refractivity contribution in [1.29, 1.82) is 0 Å². The number of hydrogen-bond donors (Lipinski definition) is 3. The molecule has 3 heterocycles. The predicted octanol–water partition coefficient (Wildman–Crippen LogP) is 3.92. The first kappa shape index (κ1) is 14.7. The van der Waals surface area contributed by atoms with E-state index in [0.717, 1.165) is 40.8 Å². The second-order valence-electron chi connectivity index (χ2n) is 5.49. The highest BCUT2D eigenvalue weighted by Crippen LogP contribution is 2.36. The van der Waals surface area contributed by atoms with E-state index in [0.29, 0.717) is 5.82 Å². The number of aromatic amines is 1. The van der Waals surface area contributed by atoms with Crippen LogP contribution in [0.25, 0.3) is 22.2 Å². The zero-order chi connectivity index (χ0) is 16.4. The van der Waals surface area contributed by atoms with Gasteiger partial charge in [0, 0.05) is 23.0 Å². The third-order valence-electron chi connectivity index (χ3n) is 3.94. The van der Waals surface area contributed by atoms with Gasteiger partial charge in [0.15, 0.2) is 0 Å². The Balaban J connectivity index is 1.76. The molecule has 5 nitrogen and oxygen atoms in total. The Bertz CT molecular complexity index is 945. The van der Waals surface area contributed by atoms with Gasteiger partial charge >= 0.3 is 0 Å². The molecule has 0 saturated carbocycles. The lowest BCUT2D eigenvalue weighted by Gasteiger charge is -2.15. The summed E-state index contributed by atoms with van der Waals surface area (Å²) in [5.74, 6) is 0.497. The summed E-state index contributed by atoms with van der Waals surface area (Å²) in [5, 5.41) is 13.8. The Hall–Kier alpha value is -2.86. The number of hydrogen-bond acceptors (Lipinski definition) is 5. The average Bonchev–Trinajstić information content (AvgIpc) is 3.28. The highest BCUT2D eigenvalue weighted by molar-refractivity contribution is 7.09. The van der Waals surface area contributed by atoms with Crippen molar-refractivity contribution < 1.29 is 0 Å². The number of fused-ring (bicyclic) bond motifs is 1. The molecule has 0 aliphatic heterocycles. The maximum atomic E-state index is 6.25. The molecule has 6 heteroatoms. The summed E-state index contributed by atoms with van der Waals surface area (Å²) in [6, 6.07) is 14.2. The zero-order valence-electron chi connectivity index (χ0n) is 13.0. The van der Waals surface area contributed by atoms with Crippen LogP contribution in [0.15, 0.2) is 54.0 Å². The van der Waals surface area contributed by atoms with Gasteiger partial charge in [-0.15, -0.1) is 11.3 Å². The fraction of sp³-hybridized carbons (Fsp3) is 0.111. The van der Waals surface area contributed by atoms with Crippen LogP contribution in [0.4, 0.5) is 11.5 Å². The number of nitrogen functional groups attached to an aromatic ring is 1. The smallest absolute Gasteiger partial charge is 0.135 e. The standard InChI is InChI=1S/C18H17N5S/c19-18-16(15-8-10-21-23-15)17(13-5-1-2-6-14(13)22-18)20-9-7-12-4-3-11-24-12/h1-6,8,10-11H,7,9H2,(H,21,23)(H3,19,20,22). The molecular formula is C18H17N5S. The van der Waals surface area contributed by atoms with Crippen molar-refractivity contribution in [3.63, 3.8) is 0 Å². The highest BCUT2D eigenvalue weighted by atomic mass is 32.1. The minimum atomic E-state index is 0.497.